The maximum absolute atomic E-state index is 11.4. The van der Waals surface area contributed by atoms with E-state index >= 15 is 0 Å². The zero-order chi connectivity index (χ0) is 14.4. The van der Waals surface area contributed by atoms with Gasteiger partial charge in [-0.3, -0.25) is 9.89 Å². The molecule has 0 aliphatic rings. The first-order valence-corrected chi connectivity index (χ1v) is 6.11. The highest BCUT2D eigenvalue weighted by Crippen LogP contribution is 2.19. The number of amides is 1. The zero-order valence-corrected chi connectivity index (χ0v) is 11.3. The molecule has 0 saturated heterocycles. The lowest BCUT2D eigenvalue weighted by Gasteiger charge is -2.05. The Morgan fingerprint density at radius 2 is 2.05 bits per heavy atom. The van der Waals surface area contributed by atoms with Gasteiger partial charge in [0.05, 0.1) is 6.61 Å². The number of nitrogens with one attached hydrogen (secondary N) is 2. The molecule has 20 heavy (non-hydrogen) atoms. The number of carbonyl (C=O) groups excluding carboxylic acids is 1. The lowest BCUT2D eigenvalue weighted by molar-refractivity contribution is 0.0953. The van der Waals surface area contributed by atoms with E-state index in [9.17, 15) is 4.79 Å². The number of benzene rings is 1. The van der Waals surface area contributed by atoms with Crippen molar-refractivity contribution in [2.75, 3.05) is 27.4 Å². The molecule has 0 spiro atoms. The highest BCUT2D eigenvalue weighted by Gasteiger charge is 2.11. The third kappa shape index (κ3) is 3.33. The Morgan fingerprint density at radius 1 is 1.30 bits per heavy atom. The van der Waals surface area contributed by atoms with E-state index in [1.165, 1.54) is 7.05 Å². The molecular weight excluding hydrogens is 260 g/mol. The first kappa shape index (κ1) is 14.0. The lowest BCUT2D eigenvalue weighted by atomic mass is 10.2. The third-order valence-electron chi connectivity index (χ3n) is 2.60. The molecule has 2 rings (SSSR count). The summed E-state index contributed by atoms with van der Waals surface area (Å²) in [5.74, 6) is 1.09. The number of H-pyrrole nitrogens is 1. The van der Waals surface area contributed by atoms with Crippen LogP contribution in [0.15, 0.2) is 24.3 Å². The van der Waals surface area contributed by atoms with Crippen LogP contribution in [0, 0.1) is 0 Å². The Morgan fingerprint density at radius 3 is 2.70 bits per heavy atom. The van der Waals surface area contributed by atoms with Crippen LogP contribution in [0.2, 0.25) is 0 Å². The minimum absolute atomic E-state index is 0.183. The summed E-state index contributed by atoms with van der Waals surface area (Å²) in [5, 5.41) is 9.07. The highest BCUT2D eigenvalue weighted by molar-refractivity contribution is 5.90. The molecule has 7 nitrogen and oxygen atoms in total. The molecule has 7 heteroatoms. The summed E-state index contributed by atoms with van der Waals surface area (Å²) in [5.41, 5.74) is 0.801. The maximum atomic E-state index is 11.4. The third-order valence-corrected chi connectivity index (χ3v) is 2.60. The van der Waals surface area contributed by atoms with Crippen LogP contribution in [0.25, 0.3) is 11.4 Å². The van der Waals surface area contributed by atoms with E-state index in [4.69, 9.17) is 9.47 Å². The van der Waals surface area contributed by atoms with Crippen LogP contribution in [0.1, 0.15) is 10.6 Å². The molecule has 1 heterocycles. The van der Waals surface area contributed by atoms with Crippen LogP contribution in [0.5, 0.6) is 5.75 Å². The molecule has 1 amide bonds. The number of carbonyl (C=O) groups is 1. The fourth-order valence-corrected chi connectivity index (χ4v) is 1.55. The van der Waals surface area contributed by atoms with E-state index in [0.717, 1.165) is 11.3 Å². The Bertz CT molecular complexity index is 565. The lowest BCUT2D eigenvalue weighted by Crippen LogP contribution is -2.19. The fraction of sp³-hybridized carbons (Fsp3) is 0.308. The molecule has 0 radical (unpaired) electrons. The molecule has 0 aliphatic carbocycles. The van der Waals surface area contributed by atoms with Crippen LogP contribution in [0.3, 0.4) is 0 Å². The van der Waals surface area contributed by atoms with Crippen LogP contribution in [0.4, 0.5) is 0 Å². The van der Waals surface area contributed by atoms with E-state index in [-0.39, 0.29) is 11.7 Å². The van der Waals surface area contributed by atoms with Crippen molar-refractivity contribution in [1.82, 2.24) is 20.5 Å². The molecule has 1 aromatic heterocycles. The maximum Gasteiger partial charge on any atom is 0.288 e. The summed E-state index contributed by atoms with van der Waals surface area (Å²) in [6.07, 6.45) is 0. The summed E-state index contributed by atoms with van der Waals surface area (Å²) >= 11 is 0. The van der Waals surface area contributed by atoms with E-state index in [1.807, 2.05) is 24.3 Å². The zero-order valence-electron chi connectivity index (χ0n) is 11.3. The number of ether oxygens (including phenoxy) is 2. The smallest absolute Gasteiger partial charge is 0.288 e. The Labute approximate surface area is 116 Å². The van der Waals surface area contributed by atoms with E-state index < -0.39 is 0 Å². The molecule has 0 aliphatic heterocycles. The quantitative estimate of drug-likeness (QED) is 0.764. The minimum Gasteiger partial charge on any atom is -0.491 e. The van der Waals surface area contributed by atoms with Gasteiger partial charge in [0, 0.05) is 19.7 Å². The van der Waals surface area contributed by atoms with Gasteiger partial charge in [0.2, 0.25) is 5.82 Å². The molecule has 0 saturated carbocycles. The van der Waals surface area contributed by atoms with Gasteiger partial charge in [-0.05, 0) is 24.3 Å². The monoisotopic (exact) mass is 276 g/mol. The van der Waals surface area contributed by atoms with Crippen molar-refractivity contribution in [3.63, 3.8) is 0 Å². The molecule has 0 atom stereocenters. The first-order valence-electron chi connectivity index (χ1n) is 6.11. The number of nitrogens with zero attached hydrogens (tertiary/aromatic N) is 2. The summed E-state index contributed by atoms with van der Waals surface area (Å²) in [7, 11) is 3.16. The van der Waals surface area contributed by atoms with Crippen molar-refractivity contribution >= 4 is 5.91 Å². The normalized spacial score (nSPS) is 10.3. The minimum atomic E-state index is -0.303. The number of rotatable bonds is 6. The molecule has 0 fully saturated rings. The van der Waals surface area contributed by atoms with Gasteiger partial charge >= 0.3 is 0 Å². The number of methoxy groups -OCH3 is 1. The van der Waals surface area contributed by atoms with Crippen molar-refractivity contribution in [3.8, 4) is 17.1 Å². The van der Waals surface area contributed by atoms with Gasteiger partial charge in [-0.2, -0.15) is 5.10 Å². The van der Waals surface area contributed by atoms with Crippen molar-refractivity contribution in [2.45, 2.75) is 0 Å². The predicted octanol–water partition coefficient (Wildman–Crippen LogP) is 0.856. The summed E-state index contributed by atoms with van der Waals surface area (Å²) in [6, 6.07) is 7.31. The average Bonchev–Trinajstić information content (AvgIpc) is 2.97. The number of hydrogen-bond acceptors (Lipinski definition) is 5. The molecule has 2 aromatic rings. The average molecular weight is 276 g/mol. The van der Waals surface area contributed by atoms with Crippen LogP contribution < -0.4 is 10.1 Å². The first-order chi connectivity index (χ1) is 9.74. The molecule has 0 unspecified atom stereocenters. The fourth-order valence-electron chi connectivity index (χ4n) is 1.55. The van der Waals surface area contributed by atoms with E-state index in [0.29, 0.717) is 19.0 Å². The topological polar surface area (TPSA) is 89.1 Å². The Kier molecular flexibility index (Phi) is 4.67. The summed E-state index contributed by atoms with van der Waals surface area (Å²) < 4.78 is 10.4. The van der Waals surface area contributed by atoms with Gasteiger partial charge in [-0.15, -0.1) is 0 Å². The molecule has 106 valence electrons. The van der Waals surface area contributed by atoms with Gasteiger partial charge in [0.15, 0.2) is 5.82 Å². The van der Waals surface area contributed by atoms with Crippen molar-refractivity contribution in [3.05, 3.63) is 30.1 Å². The van der Waals surface area contributed by atoms with Crippen LogP contribution >= 0.6 is 0 Å². The number of aromatic nitrogens is 3. The number of aromatic amines is 1. The second-order valence-corrected chi connectivity index (χ2v) is 3.95. The van der Waals surface area contributed by atoms with Crippen LogP contribution in [-0.4, -0.2) is 48.5 Å². The highest BCUT2D eigenvalue weighted by atomic mass is 16.5. The number of hydrogen-bond donors (Lipinski definition) is 2. The van der Waals surface area contributed by atoms with E-state index in [1.54, 1.807) is 7.11 Å². The Balaban J connectivity index is 2.06. The largest absolute Gasteiger partial charge is 0.491 e. The van der Waals surface area contributed by atoms with Gasteiger partial charge in [-0.25, -0.2) is 4.98 Å². The van der Waals surface area contributed by atoms with Crippen LogP contribution in [-0.2, 0) is 4.74 Å². The standard InChI is InChI=1S/C13H16N4O3/c1-14-13(18)12-15-11(16-17-12)9-3-5-10(6-4-9)20-8-7-19-2/h3-6H,7-8H2,1-2H3,(H,14,18)(H,15,16,17). The molecular formula is C13H16N4O3. The van der Waals surface area contributed by atoms with Crippen molar-refractivity contribution in [2.24, 2.45) is 0 Å². The van der Waals surface area contributed by atoms with Gasteiger partial charge in [-0.1, -0.05) is 0 Å². The Hall–Kier alpha value is -2.41. The van der Waals surface area contributed by atoms with Crippen molar-refractivity contribution in [1.29, 1.82) is 0 Å². The SMILES string of the molecule is CNC(=O)c1nc(-c2ccc(OCCOC)cc2)n[nH]1. The molecule has 0 bridgehead atoms. The van der Waals surface area contributed by atoms with E-state index in [2.05, 4.69) is 20.5 Å². The van der Waals surface area contributed by atoms with Gasteiger partial charge in [0.1, 0.15) is 12.4 Å². The van der Waals surface area contributed by atoms with Gasteiger partial charge < -0.3 is 14.8 Å². The predicted molar refractivity (Wildman–Crippen MR) is 72.6 cm³/mol. The summed E-state index contributed by atoms with van der Waals surface area (Å²) in [4.78, 5) is 15.5. The second-order valence-electron chi connectivity index (χ2n) is 3.95. The second kappa shape index (κ2) is 6.67. The summed E-state index contributed by atoms with van der Waals surface area (Å²) in [6.45, 7) is 1.04. The van der Waals surface area contributed by atoms with Crippen molar-refractivity contribution < 1.29 is 14.3 Å². The van der Waals surface area contributed by atoms with Gasteiger partial charge in [0.25, 0.3) is 5.91 Å². The molecule has 1 aromatic carbocycles. The molecule has 2 N–H and O–H groups in total.